The van der Waals surface area contributed by atoms with Crippen LogP contribution in [0.15, 0.2) is 36.4 Å². The van der Waals surface area contributed by atoms with Crippen molar-refractivity contribution in [3.63, 3.8) is 0 Å². The Morgan fingerprint density at radius 3 is 2.84 bits per heavy atom. The summed E-state index contributed by atoms with van der Waals surface area (Å²) < 4.78 is 5.85. The number of rotatable bonds is 2. The minimum atomic E-state index is 0.554. The van der Waals surface area contributed by atoms with Gasteiger partial charge in [0.1, 0.15) is 5.75 Å². The van der Waals surface area contributed by atoms with Crippen LogP contribution in [-0.2, 0) is 12.8 Å². The molecule has 0 radical (unpaired) electrons. The Morgan fingerprint density at radius 1 is 1.16 bits per heavy atom. The van der Waals surface area contributed by atoms with Gasteiger partial charge in [0, 0.05) is 17.3 Å². The Balaban J connectivity index is 1.75. The van der Waals surface area contributed by atoms with Crippen LogP contribution in [0.25, 0.3) is 0 Å². The van der Waals surface area contributed by atoms with Gasteiger partial charge in [-0.2, -0.15) is 0 Å². The lowest BCUT2D eigenvalue weighted by Gasteiger charge is -2.25. The molecule has 1 aromatic carbocycles. The summed E-state index contributed by atoms with van der Waals surface area (Å²) in [6, 6.07) is 12.7. The molecule has 0 unspecified atom stereocenters. The monoisotopic (exact) mass is 253 g/mol. The van der Waals surface area contributed by atoms with E-state index < -0.39 is 0 Å². The van der Waals surface area contributed by atoms with E-state index in [4.69, 9.17) is 4.74 Å². The van der Waals surface area contributed by atoms with Crippen molar-refractivity contribution >= 4 is 0 Å². The zero-order chi connectivity index (χ0) is 13.2. The molecule has 0 bridgehead atoms. The summed E-state index contributed by atoms with van der Waals surface area (Å²) in [6.45, 7) is 4.95. The molecular formula is C17H19NO. The van der Waals surface area contributed by atoms with Gasteiger partial charge in [-0.1, -0.05) is 24.3 Å². The van der Waals surface area contributed by atoms with E-state index in [-0.39, 0.29) is 0 Å². The summed E-state index contributed by atoms with van der Waals surface area (Å²) in [5.41, 5.74) is 4.92. The number of para-hydroxylation sites is 1. The predicted octanol–water partition coefficient (Wildman–Crippen LogP) is 3.49. The van der Waals surface area contributed by atoms with Crippen LogP contribution in [0.5, 0.6) is 5.75 Å². The lowest BCUT2D eigenvalue weighted by atomic mass is 9.90. The SMILES string of the molecule is Cc1ccc(C[C@H]2COc3ccccc3C2)c(C)n1. The minimum Gasteiger partial charge on any atom is -0.493 e. The topological polar surface area (TPSA) is 22.1 Å². The number of hydrogen-bond donors (Lipinski definition) is 0. The molecule has 2 heteroatoms. The second-order valence-corrected chi connectivity index (χ2v) is 5.39. The molecule has 2 aromatic rings. The maximum atomic E-state index is 5.85. The van der Waals surface area contributed by atoms with Gasteiger partial charge < -0.3 is 4.74 Å². The first-order valence-corrected chi connectivity index (χ1v) is 6.86. The average molecular weight is 253 g/mol. The Kier molecular flexibility index (Phi) is 3.24. The number of fused-ring (bicyclic) bond motifs is 1. The summed E-state index contributed by atoms with van der Waals surface area (Å²) >= 11 is 0. The lowest BCUT2D eigenvalue weighted by Crippen LogP contribution is -2.23. The Hall–Kier alpha value is -1.83. The van der Waals surface area contributed by atoms with Crippen LogP contribution in [0, 0.1) is 19.8 Å². The van der Waals surface area contributed by atoms with Gasteiger partial charge >= 0.3 is 0 Å². The molecule has 1 atom stereocenters. The molecular weight excluding hydrogens is 234 g/mol. The molecule has 3 rings (SSSR count). The molecule has 0 aliphatic carbocycles. The molecule has 98 valence electrons. The summed E-state index contributed by atoms with van der Waals surface area (Å²) in [6.07, 6.45) is 2.15. The number of hydrogen-bond acceptors (Lipinski definition) is 2. The van der Waals surface area contributed by atoms with E-state index in [1.807, 2.05) is 13.0 Å². The van der Waals surface area contributed by atoms with Gasteiger partial charge in [-0.25, -0.2) is 0 Å². The fourth-order valence-electron chi connectivity index (χ4n) is 2.76. The number of aryl methyl sites for hydroxylation is 2. The molecule has 0 saturated heterocycles. The predicted molar refractivity (Wildman–Crippen MR) is 76.5 cm³/mol. The molecule has 1 aromatic heterocycles. The second kappa shape index (κ2) is 5.04. The van der Waals surface area contributed by atoms with Crippen LogP contribution in [-0.4, -0.2) is 11.6 Å². The highest BCUT2D eigenvalue weighted by Gasteiger charge is 2.20. The second-order valence-electron chi connectivity index (χ2n) is 5.39. The van der Waals surface area contributed by atoms with Crippen molar-refractivity contribution < 1.29 is 4.74 Å². The zero-order valence-electron chi connectivity index (χ0n) is 11.5. The molecule has 0 N–H and O–H groups in total. The number of ether oxygens (including phenoxy) is 1. The summed E-state index contributed by atoms with van der Waals surface area (Å²) in [4.78, 5) is 4.54. The largest absolute Gasteiger partial charge is 0.493 e. The van der Waals surface area contributed by atoms with Gasteiger partial charge in [0.25, 0.3) is 0 Å². The van der Waals surface area contributed by atoms with Crippen molar-refractivity contribution in [1.29, 1.82) is 0 Å². The first kappa shape index (κ1) is 12.2. The number of aromatic nitrogens is 1. The number of pyridine rings is 1. The molecule has 1 aliphatic rings. The third kappa shape index (κ3) is 2.62. The molecule has 2 heterocycles. The van der Waals surface area contributed by atoms with Crippen LogP contribution in [0.3, 0.4) is 0 Å². The molecule has 1 aliphatic heterocycles. The maximum Gasteiger partial charge on any atom is 0.122 e. The van der Waals surface area contributed by atoms with Crippen molar-refractivity contribution in [3.05, 3.63) is 58.9 Å². The van der Waals surface area contributed by atoms with E-state index in [0.717, 1.165) is 36.6 Å². The van der Waals surface area contributed by atoms with Crippen molar-refractivity contribution in [2.75, 3.05) is 6.61 Å². The fraction of sp³-hybridized carbons (Fsp3) is 0.353. The third-order valence-corrected chi connectivity index (χ3v) is 3.80. The maximum absolute atomic E-state index is 5.85. The Bertz CT molecular complexity index is 592. The Labute approximate surface area is 114 Å². The highest BCUT2D eigenvalue weighted by atomic mass is 16.5. The van der Waals surface area contributed by atoms with E-state index in [9.17, 15) is 0 Å². The minimum absolute atomic E-state index is 0.554. The van der Waals surface area contributed by atoms with Crippen molar-refractivity contribution in [2.24, 2.45) is 5.92 Å². The van der Waals surface area contributed by atoms with Gasteiger partial charge in [0.15, 0.2) is 0 Å². The van der Waals surface area contributed by atoms with Crippen LogP contribution in [0.2, 0.25) is 0 Å². The standard InChI is InChI=1S/C17H19NO/c1-12-7-8-15(13(2)18-12)9-14-10-16-5-3-4-6-17(16)19-11-14/h3-8,14H,9-11H2,1-2H3/t14-/m1/s1. The van der Waals surface area contributed by atoms with Gasteiger partial charge in [0.05, 0.1) is 6.61 Å². The van der Waals surface area contributed by atoms with E-state index in [0.29, 0.717) is 5.92 Å². The number of nitrogens with zero attached hydrogens (tertiary/aromatic N) is 1. The van der Waals surface area contributed by atoms with Gasteiger partial charge in [-0.3, -0.25) is 4.98 Å². The molecule has 0 fully saturated rings. The first-order chi connectivity index (χ1) is 9.22. The normalized spacial score (nSPS) is 17.7. The van der Waals surface area contributed by atoms with Gasteiger partial charge in [-0.05, 0) is 49.9 Å². The summed E-state index contributed by atoms with van der Waals surface area (Å²) in [5.74, 6) is 1.61. The Morgan fingerprint density at radius 2 is 2.00 bits per heavy atom. The fourth-order valence-corrected chi connectivity index (χ4v) is 2.76. The lowest BCUT2D eigenvalue weighted by molar-refractivity contribution is 0.221. The summed E-state index contributed by atoms with van der Waals surface area (Å²) in [7, 11) is 0. The highest BCUT2D eigenvalue weighted by molar-refractivity contribution is 5.35. The van der Waals surface area contributed by atoms with Crippen LogP contribution in [0.4, 0.5) is 0 Å². The molecule has 0 amide bonds. The van der Waals surface area contributed by atoms with Gasteiger partial charge in [0.2, 0.25) is 0 Å². The average Bonchev–Trinajstić information content (AvgIpc) is 2.42. The third-order valence-electron chi connectivity index (χ3n) is 3.80. The van der Waals surface area contributed by atoms with Crippen molar-refractivity contribution in [1.82, 2.24) is 4.98 Å². The van der Waals surface area contributed by atoms with Crippen LogP contribution in [0.1, 0.15) is 22.5 Å². The van der Waals surface area contributed by atoms with Crippen LogP contribution >= 0.6 is 0 Å². The molecule has 19 heavy (non-hydrogen) atoms. The molecule has 0 saturated carbocycles. The number of benzene rings is 1. The zero-order valence-corrected chi connectivity index (χ0v) is 11.5. The first-order valence-electron chi connectivity index (χ1n) is 6.86. The van der Waals surface area contributed by atoms with E-state index in [2.05, 4.69) is 42.2 Å². The van der Waals surface area contributed by atoms with Crippen LogP contribution < -0.4 is 4.74 Å². The highest BCUT2D eigenvalue weighted by Crippen LogP contribution is 2.28. The smallest absolute Gasteiger partial charge is 0.122 e. The van der Waals surface area contributed by atoms with Crippen molar-refractivity contribution in [2.45, 2.75) is 26.7 Å². The van der Waals surface area contributed by atoms with E-state index in [1.165, 1.54) is 11.1 Å². The van der Waals surface area contributed by atoms with E-state index >= 15 is 0 Å². The van der Waals surface area contributed by atoms with Crippen molar-refractivity contribution in [3.8, 4) is 5.75 Å². The molecule has 2 nitrogen and oxygen atoms in total. The van der Waals surface area contributed by atoms with Gasteiger partial charge in [-0.15, -0.1) is 0 Å². The summed E-state index contributed by atoms with van der Waals surface area (Å²) in [5, 5.41) is 0. The quantitative estimate of drug-likeness (QED) is 0.817. The van der Waals surface area contributed by atoms with E-state index in [1.54, 1.807) is 0 Å². The molecule has 0 spiro atoms.